The van der Waals surface area contributed by atoms with Crippen LogP contribution < -0.4 is 5.32 Å². The van der Waals surface area contributed by atoms with Crippen LogP contribution in [0.3, 0.4) is 0 Å². The highest BCUT2D eigenvalue weighted by Gasteiger charge is 2.37. The van der Waals surface area contributed by atoms with Crippen LogP contribution in [0.2, 0.25) is 0 Å². The molecule has 4 heteroatoms. The summed E-state index contributed by atoms with van der Waals surface area (Å²) < 4.78 is 10.6. The molecule has 0 aliphatic heterocycles. The largest absolute Gasteiger partial charge is 0.383 e. The molecule has 1 aliphatic rings. The maximum atomic E-state index is 5.30. The Balaban J connectivity index is 2.77. The molecule has 1 N–H and O–H groups in total. The van der Waals surface area contributed by atoms with Crippen molar-refractivity contribution in [1.82, 2.24) is 10.2 Å². The SMILES string of the molecule is CNC1CCC(C(C)(C)C)CC1N(CCOC)CCOC. The van der Waals surface area contributed by atoms with Crippen molar-refractivity contribution in [2.45, 2.75) is 52.1 Å². The molecule has 0 aromatic carbocycles. The van der Waals surface area contributed by atoms with Crippen LogP contribution in [-0.2, 0) is 9.47 Å². The van der Waals surface area contributed by atoms with Gasteiger partial charge < -0.3 is 14.8 Å². The van der Waals surface area contributed by atoms with E-state index in [0.717, 1.165) is 32.2 Å². The van der Waals surface area contributed by atoms with Gasteiger partial charge in [-0.15, -0.1) is 0 Å². The Bertz CT molecular complexity index is 270. The summed E-state index contributed by atoms with van der Waals surface area (Å²) in [5, 5.41) is 3.54. The average Bonchev–Trinajstić information content (AvgIpc) is 2.46. The zero-order chi connectivity index (χ0) is 15.9. The van der Waals surface area contributed by atoms with Gasteiger partial charge in [0.1, 0.15) is 0 Å². The first kappa shape index (κ1) is 18.9. The molecule has 0 spiro atoms. The number of hydrogen-bond donors (Lipinski definition) is 1. The number of likely N-dealkylation sites (N-methyl/N-ethyl adjacent to an activating group) is 1. The summed E-state index contributed by atoms with van der Waals surface area (Å²) in [5.41, 5.74) is 0.394. The molecule has 0 heterocycles. The Morgan fingerprint density at radius 3 is 2.05 bits per heavy atom. The van der Waals surface area contributed by atoms with Crippen LogP contribution >= 0.6 is 0 Å². The van der Waals surface area contributed by atoms with Gasteiger partial charge in [0.15, 0.2) is 0 Å². The molecule has 3 unspecified atom stereocenters. The Morgan fingerprint density at radius 2 is 1.62 bits per heavy atom. The molecule has 1 fully saturated rings. The van der Waals surface area contributed by atoms with Crippen molar-refractivity contribution in [3.05, 3.63) is 0 Å². The van der Waals surface area contributed by atoms with Crippen LogP contribution in [-0.4, -0.2) is 64.6 Å². The first-order valence-corrected chi connectivity index (χ1v) is 8.33. The molecule has 0 aromatic rings. The minimum atomic E-state index is 0.394. The molecule has 126 valence electrons. The maximum absolute atomic E-state index is 5.30. The van der Waals surface area contributed by atoms with Crippen molar-refractivity contribution >= 4 is 0 Å². The number of ether oxygens (including phenoxy) is 2. The first-order chi connectivity index (χ1) is 9.93. The second-order valence-corrected chi connectivity index (χ2v) is 7.36. The molecule has 3 atom stereocenters. The van der Waals surface area contributed by atoms with Gasteiger partial charge in [0, 0.05) is 39.4 Å². The van der Waals surface area contributed by atoms with Crippen LogP contribution in [0.1, 0.15) is 40.0 Å². The second-order valence-electron chi connectivity index (χ2n) is 7.36. The highest BCUT2D eigenvalue weighted by atomic mass is 16.5. The molecular formula is C17H36N2O2. The summed E-state index contributed by atoms with van der Waals surface area (Å²) in [6.45, 7) is 10.7. The molecule has 1 aliphatic carbocycles. The van der Waals surface area contributed by atoms with Crippen molar-refractivity contribution in [3.8, 4) is 0 Å². The summed E-state index contributed by atoms with van der Waals surface area (Å²) in [6.07, 6.45) is 3.86. The van der Waals surface area contributed by atoms with E-state index in [2.05, 4.69) is 38.0 Å². The molecule has 0 amide bonds. The zero-order valence-electron chi connectivity index (χ0n) is 14.9. The standard InChI is InChI=1S/C17H36N2O2/c1-17(2,3)14-7-8-15(18-4)16(13-14)19(9-11-20-5)10-12-21-6/h14-16,18H,7-13H2,1-6H3. The van der Waals surface area contributed by atoms with E-state index in [1.807, 2.05) is 0 Å². The summed E-state index contributed by atoms with van der Waals surface area (Å²) in [4.78, 5) is 2.56. The topological polar surface area (TPSA) is 33.7 Å². The fourth-order valence-corrected chi connectivity index (χ4v) is 3.53. The predicted molar refractivity (Wildman–Crippen MR) is 88.8 cm³/mol. The lowest BCUT2D eigenvalue weighted by Gasteiger charge is -2.46. The summed E-state index contributed by atoms with van der Waals surface area (Å²) in [6, 6.07) is 1.16. The third-order valence-electron chi connectivity index (χ3n) is 5.05. The second kappa shape index (κ2) is 9.09. The maximum Gasteiger partial charge on any atom is 0.0589 e. The minimum Gasteiger partial charge on any atom is -0.383 e. The third-order valence-corrected chi connectivity index (χ3v) is 5.05. The predicted octanol–water partition coefficient (Wildman–Crippen LogP) is 2.38. The molecule has 0 aromatic heterocycles. The van der Waals surface area contributed by atoms with Crippen molar-refractivity contribution in [2.24, 2.45) is 11.3 Å². The van der Waals surface area contributed by atoms with Crippen LogP contribution in [0.4, 0.5) is 0 Å². The summed E-state index contributed by atoms with van der Waals surface area (Å²) >= 11 is 0. The molecule has 21 heavy (non-hydrogen) atoms. The Morgan fingerprint density at radius 1 is 1.05 bits per heavy atom. The van der Waals surface area contributed by atoms with E-state index in [1.54, 1.807) is 14.2 Å². The van der Waals surface area contributed by atoms with Crippen LogP contribution in [0.5, 0.6) is 0 Å². The third kappa shape index (κ3) is 5.85. The lowest BCUT2D eigenvalue weighted by molar-refractivity contribution is 0.0293. The van der Waals surface area contributed by atoms with Gasteiger partial charge in [0.2, 0.25) is 0 Å². The monoisotopic (exact) mass is 300 g/mol. The molecule has 1 saturated carbocycles. The highest BCUT2D eigenvalue weighted by Crippen LogP contribution is 2.39. The highest BCUT2D eigenvalue weighted by molar-refractivity contribution is 4.93. The van der Waals surface area contributed by atoms with E-state index >= 15 is 0 Å². The normalized spacial score (nSPS) is 27.3. The van der Waals surface area contributed by atoms with E-state index in [0.29, 0.717) is 17.5 Å². The molecule has 1 rings (SSSR count). The minimum absolute atomic E-state index is 0.394. The number of nitrogens with zero attached hydrogens (tertiary/aromatic N) is 1. The molecular weight excluding hydrogens is 264 g/mol. The van der Waals surface area contributed by atoms with Crippen molar-refractivity contribution in [2.75, 3.05) is 47.6 Å². The first-order valence-electron chi connectivity index (χ1n) is 8.33. The molecule has 0 radical (unpaired) electrons. The van der Waals surface area contributed by atoms with Gasteiger partial charge in [0.05, 0.1) is 13.2 Å². The molecule has 0 saturated heterocycles. The van der Waals surface area contributed by atoms with Gasteiger partial charge in [-0.25, -0.2) is 0 Å². The van der Waals surface area contributed by atoms with Gasteiger partial charge in [-0.1, -0.05) is 20.8 Å². The summed E-state index contributed by atoms with van der Waals surface area (Å²) in [7, 11) is 5.66. The zero-order valence-corrected chi connectivity index (χ0v) is 14.9. The quantitative estimate of drug-likeness (QED) is 0.746. The van der Waals surface area contributed by atoms with Crippen molar-refractivity contribution < 1.29 is 9.47 Å². The van der Waals surface area contributed by atoms with E-state index in [9.17, 15) is 0 Å². The fourth-order valence-electron chi connectivity index (χ4n) is 3.53. The lowest BCUT2D eigenvalue weighted by Crippen LogP contribution is -2.55. The lowest BCUT2D eigenvalue weighted by atomic mass is 9.69. The number of nitrogens with one attached hydrogen (secondary N) is 1. The van der Waals surface area contributed by atoms with Gasteiger partial charge >= 0.3 is 0 Å². The molecule has 0 bridgehead atoms. The van der Waals surface area contributed by atoms with Gasteiger partial charge in [0.25, 0.3) is 0 Å². The average molecular weight is 300 g/mol. The van der Waals surface area contributed by atoms with Crippen molar-refractivity contribution in [1.29, 1.82) is 0 Å². The van der Waals surface area contributed by atoms with Crippen molar-refractivity contribution in [3.63, 3.8) is 0 Å². The van der Waals surface area contributed by atoms with Crippen LogP contribution in [0, 0.1) is 11.3 Å². The number of rotatable bonds is 8. The van der Waals surface area contributed by atoms with Gasteiger partial charge in [-0.3, -0.25) is 4.90 Å². The number of methoxy groups -OCH3 is 2. The van der Waals surface area contributed by atoms with Gasteiger partial charge in [-0.05, 0) is 37.6 Å². The fraction of sp³-hybridized carbons (Fsp3) is 1.00. The van der Waals surface area contributed by atoms with E-state index in [-0.39, 0.29) is 0 Å². The smallest absolute Gasteiger partial charge is 0.0589 e. The summed E-state index contributed by atoms with van der Waals surface area (Å²) in [5.74, 6) is 0.791. The van der Waals surface area contributed by atoms with E-state index in [4.69, 9.17) is 9.47 Å². The van der Waals surface area contributed by atoms with E-state index < -0.39 is 0 Å². The van der Waals surface area contributed by atoms with Crippen LogP contribution in [0.15, 0.2) is 0 Å². The number of hydrogen-bond acceptors (Lipinski definition) is 4. The van der Waals surface area contributed by atoms with Crippen LogP contribution in [0.25, 0.3) is 0 Å². The van der Waals surface area contributed by atoms with E-state index in [1.165, 1.54) is 19.3 Å². The Hall–Kier alpha value is -0.160. The Labute approximate surface area is 131 Å². The molecule has 4 nitrogen and oxygen atoms in total. The van der Waals surface area contributed by atoms with Gasteiger partial charge in [-0.2, -0.15) is 0 Å². The Kier molecular flexibility index (Phi) is 8.17.